The normalized spacial score (nSPS) is 10.4. The molecule has 37 heavy (non-hydrogen) atoms. The molecule has 10 heteroatoms. The summed E-state index contributed by atoms with van der Waals surface area (Å²) in [5, 5.41) is 16.3. The maximum absolute atomic E-state index is 12.6. The number of carbonyl (C=O) groups excluding carboxylic acids is 1. The first kappa shape index (κ1) is 26.1. The molecule has 1 aromatic heterocycles. The van der Waals surface area contributed by atoms with Crippen molar-refractivity contribution in [1.29, 1.82) is 5.26 Å². The van der Waals surface area contributed by atoms with Crippen molar-refractivity contribution in [1.82, 2.24) is 15.3 Å². The molecule has 0 radical (unpaired) electrons. The number of hydrogen-bond acceptors (Lipinski definition) is 6. The molecule has 0 aliphatic carbocycles. The highest BCUT2D eigenvalue weighted by molar-refractivity contribution is 7.98. The van der Waals surface area contributed by atoms with Crippen molar-refractivity contribution in [2.24, 2.45) is 0 Å². The van der Waals surface area contributed by atoms with Crippen LogP contribution in [0.5, 0.6) is 0 Å². The number of aromatic amines is 1. The summed E-state index contributed by atoms with van der Waals surface area (Å²) < 4.78 is 0. The van der Waals surface area contributed by atoms with E-state index in [0.717, 1.165) is 16.8 Å². The van der Waals surface area contributed by atoms with Gasteiger partial charge in [-0.05, 0) is 60.6 Å². The topological polar surface area (TPSA) is 111 Å². The van der Waals surface area contributed by atoms with Crippen LogP contribution in [0.15, 0.2) is 82.7 Å². The van der Waals surface area contributed by atoms with E-state index in [-0.39, 0.29) is 16.6 Å². The van der Waals surface area contributed by atoms with Gasteiger partial charge in [0.25, 0.3) is 11.5 Å². The number of hydrogen-bond donors (Lipinski definition) is 3. The lowest BCUT2D eigenvalue weighted by atomic mass is 10.1. The third-order valence-corrected chi connectivity index (χ3v) is 6.74. The first-order chi connectivity index (χ1) is 17.8. The summed E-state index contributed by atoms with van der Waals surface area (Å²) in [5.41, 5.74) is 3.57. The summed E-state index contributed by atoms with van der Waals surface area (Å²) in [6, 6.07) is 23.4. The van der Waals surface area contributed by atoms with E-state index in [1.807, 2.05) is 49.4 Å². The van der Waals surface area contributed by atoms with Gasteiger partial charge < -0.3 is 10.3 Å². The summed E-state index contributed by atoms with van der Waals surface area (Å²) in [7, 11) is 0. The average molecular weight is 546 g/mol. The number of amides is 1. The Morgan fingerprint density at radius 3 is 2.49 bits per heavy atom. The van der Waals surface area contributed by atoms with Gasteiger partial charge in [-0.1, -0.05) is 65.8 Å². The van der Waals surface area contributed by atoms with Gasteiger partial charge in [-0.25, -0.2) is 4.98 Å². The van der Waals surface area contributed by atoms with Crippen molar-refractivity contribution in [2.75, 3.05) is 5.32 Å². The molecule has 3 N–H and O–H groups in total. The van der Waals surface area contributed by atoms with E-state index < -0.39 is 5.56 Å². The molecule has 0 fully saturated rings. The Labute approximate surface area is 227 Å². The van der Waals surface area contributed by atoms with Crippen LogP contribution in [0.2, 0.25) is 5.02 Å². The molecule has 184 valence electrons. The molecule has 1 amide bonds. The summed E-state index contributed by atoms with van der Waals surface area (Å²) in [4.78, 5) is 32.2. The fraction of sp³-hybridized carbons (Fsp3) is 0.0741. The molecule has 4 aromatic rings. The average Bonchev–Trinajstić information content (AvgIpc) is 2.89. The smallest absolute Gasteiger partial charge is 0.270 e. The number of aryl methyl sites for hydroxylation is 1. The number of para-hydroxylation sites is 1. The molecule has 0 saturated heterocycles. The van der Waals surface area contributed by atoms with Crippen LogP contribution < -0.4 is 16.2 Å². The van der Waals surface area contributed by atoms with E-state index in [0.29, 0.717) is 32.8 Å². The zero-order valence-electron chi connectivity index (χ0n) is 19.5. The number of thiocarbonyl (C=S) groups is 1. The lowest BCUT2D eigenvalue weighted by Crippen LogP contribution is -2.34. The Balaban J connectivity index is 1.41. The molecule has 0 spiro atoms. The number of halogens is 1. The number of H-pyrrole nitrogens is 1. The Hall–Kier alpha value is -3.97. The highest BCUT2D eigenvalue weighted by Crippen LogP contribution is 2.25. The van der Waals surface area contributed by atoms with E-state index in [1.54, 1.807) is 36.4 Å². The van der Waals surface area contributed by atoms with Gasteiger partial charge in [0.05, 0.1) is 5.69 Å². The molecule has 0 aliphatic heterocycles. The lowest BCUT2D eigenvalue weighted by molar-refractivity contribution is 0.0977. The Morgan fingerprint density at radius 1 is 1.11 bits per heavy atom. The molecule has 0 saturated carbocycles. The second kappa shape index (κ2) is 11.8. The fourth-order valence-electron chi connectivity index (χ4n) is 3.39. The van der Waals surface area contributed by atoms with Crippen LogP contribution in [0, 0.1) is 18.3 Å². The molecular formula is C27H20ClN5O2S2. The van der Waals surface area contributed by atoms with Crippen molar-refractivity contribution >= 4 is 52.3 Å². The summed E-state index contributed by atoms with van der Waals surface area (Å²) in [6.07, 6.45) is 0. The van der Waals surface area contributed by atoms with Gasteiger partial charge in [0.1, 0.15) is 11.6 Å². The van der Waals surface area contributed by atoms with E-state index in [2.05, 4.69) is 20.6 Å². The van der Waals surface area contributed by atoms with Gasteiger partial charge in [-0.3, -0.25) is 14.9 Å². The van der Waals surface area contributed by atoms with Gasteiger partial charge in [0, 0.05) is 27.6 Å². The largest absolute Gasteiger partial charge is 0.332 e. The number of benzene rings is 3. The van der Waals surface area contributed by atoms with Crippen LogP contribution in [-0.4, -0.2) is 21.0 Å². The molecule has 0 unspecified atom stereocenters. The van der Waals surface area contributed by atoms with E-state index >= 15 is 0 Å². The monoisotopic (exact) mass is 545 g/mol. The molecule has 0 bridgehead atoms. The van der Waals surface area contributed by atoms with Crippen molar-refractivity contribution in [3.8, 4) is 17.3 Å². The molecule has 3 aromatic carbocycles. The maximum Gasteiger partial charge on any atom is 0.270 e. The van der Waals surface area contributed by atoms with Crippen molar-refractivity contribution in [3.05, 3.63) is 110 Å². The highest BCUT2D eigenvalue weighted by atomic mass is 35.5. The van der Waals surface area contributed by atoms with Gasteiger partial charge in [0.15, 0.2) is 10.3 Å². The standard InChI is InChI=1S/C27H20ClN5O2S2/c1-16-4-2-3-5-22(16)30-26(36)32-24(34)19-8-6-17(7-9-19)15-37-27-31-23(21(14-29)25(35)33-27)18-10-12-20(28)13-11-18/h2-13H,15H2,1H3,(H,31,33,35)(H2,30,32,34,36). The van der Waals surface area contributed by atoms with Gasteiger partial charge in [0.2, 0.25) is 0 Å². The third-order valence-electron chi connectivity index (χ3n) is 5.34. The van der Waals surface area contributed by atoms with E-state index in [4.69, 9.17) is 23.8 Å². The molecular weight excluding hydrogens is 526 g/mol. The van der Waals surface area contributed by atoms with Crippen molar-refractivity contribution < 1.29 is 4.79 Å². The zero-order valence-corrected chi connectivity index (χ0v) is 21.9. The van der Waals surface area contributed by atoms with Crippen LogP contribution >= 0.6 is 35.6 Å². The summed E-state index contributed by atoms with van der Waals surface area (Å²) in [5.74, 6) is 0.167. The van der Waals surface area contributed by atoms with Crippen LogP contribution in [0.25, 0.3) is 11.3 Å². The van der Waals surface area contributed by atoms with Gasteiger partial charge in [-0.15, -0.1) is 0 Å². The van der Waals surface area contributed by atoms with Crippen LogP contribution in [0.4, 0.5) is 5.69 Å². The second-order valence-corrected chi connectivity index (χ2v) is 9.73. The third kappa shape index (κ3) is 6.62. The Kier molecular flexibility index (Phi) is 8.36. The Bertz CT molecular complexity index is 1560. The number of rotatable bonds is 6. The van der Waals surface area contributed by atoms with Crippen LogP contribution in [0.3, 0.4) is 0 Å². The maximum atomic E-state index is 12.6. The molecule has 0 aliphatic rings. The predicted molar refractivity (Wildman–Crippen MR) is 151 cm³/mol. The number of nitrogens with zero attached hydrogens (tertiary/aromatic N) is 2. The zero-order chi connectivity index (χ0) is 26.4. The van der Waals surface area contributed by atoms with Crippen molar-refractivity contribution in [3.63, 3.8) is 0 Å². The van der Waals surface area contributed by atoms with Crippen LogP contribution in [0.1, 0.15) is 27.0 Å². The number of anilines is 1. The summed E-state index contributed by atoms with van der Waals surface area (Å²) in [6.45, 7) is 1.95. The highest BCUT2D eigenvalue weighted by Gasteiger charge is 2.14. The quantitative estimate of drug-likeness (QED) is 0.162. The molecule has 1 heterocycles. The first-order valence-electron chi connectivity index (χ1n) is 11.0. The van der Waals surface area contributed by atoms with Crippen molar-refractivity contribution in [2.45, 2.75) is 17.8 Å². The van der Waals surface area contributed by atoms with E-state index in [1.165, 1.54) is 11.8 Å². The number of nitrogens with one attached hydrogen (secondary N) is 3. The second-order valence-electron chi connectivity index (χ2n) is 7.92. The summed E-state index contributed by atoms with van der Waals surface area (Å²) >= 11 is 12.5. The minimum Gasteiger partial charge on any atom is -0.332 e. The minimum atomic E-state index is -0.507. The Morgan fingerprint density at radius 2 is 1.81 bits per heavy atom. The van der Waals surface area contributed by atoms with Crippen LogP contribution in [-0.2, 0) is 5.75 Å². The first-order valence-corrected chi connectivity index (χ1v) is 12.8. The van der Waals surface area contributed by atoms with Gasteiger partial charge in [-0.2, -0.15) is 5.26 Å². The SMILES string of the molecule is Cc1ccccc1NC(=S)NC(=O)c1ccc(CSc2nc(-c3ccc(Cl)cc3)c(C#N)c(=O)[nH]2)cc1. The minimum absolute atomic E-state index is 0.0585. The molecule has 4 rings (SSSR count). The number of aromatic nitrogens is 2. The molecule has 7 nitrogen and oxygen atoms in total. The fourth-order valence-corrected chi connectivity index (χ4v) is 4.53. The number of carbonyl (C=O) groups is 1. The van der Waals surface area contributed by atoms with Gasteiger partial charge >= 0.3 is 0 Å². The number of nitriles is 1. The lowest BCUT2D eigenvalue weighted by Gasteiger charge is -2.11. The molecule has 0 atom stereocenters. The predicted octanol–water partition coefficient (Wildman–Crippen LogP) is 5.69. The number of thioether (sulfide) groups is 1. The van der Waals surface area contributed by atoms with E-state index in [9.17, 15) is 14.9 Å².